The van der Waals surface area contributed by atoms with E-state index in [-0.39, 0.29) is 6.61 Å². The maximum absolute atomic E-state index is 5.72. The van der Waals surface area contributed by atoms with Crippen LogP contribution in [0.3, 0.4) is 0 Å². The van der Waals surface area contributed by atoms with E-state index in [1.807, 2.05) is 43.3 Å². The zero-order valence-corrected chi connectivity index (χ0v) is 16.3. The molecule has 2 heterocycles. The summed E-state index contributed by atoms with van der Waals surface area (Å²) in [5.41, 5.74) is 4.21. The topological polar surface area (TPSA) is 61.0 Å². The molecule has 6 heteroatoms. The van der Waals surface area contributed by atoms with E-state index in [0.717, 1.165) is 28.1 Å². The number of hydrogen-bond acceptors (Lipinski definition) is 6. The summed E-state index contributed by atoms with van der Waals surface area (Å²) in [6, 6.07) is 16.0. The van der Waals surface area contributed by atoms with E-state index in [0.29, 0.717) is 17.6 Å². The molecular formula is C22H19N3O2S. The van der Waals surface area contributed by atoms with Gasteiger partial charge in [-0.3, -0.25) is 0 Å². The summed E-state index contributed by atoms with van der Waals surface area (Å²) in [7, 11) is 0. The van der Waals surface area contributed by atoms with Crippen LogP contribution in [0.4, 0.5) is 0 Å². The molecule has 0 aliphatic heterocycles. The average molecular weight is 389 g/mol. The molecule has 28 heavy (non-hydrogen) atoms. The monoisotopic (exact) mass is 389 g/mol. The molecule has 1 aliphatic carbocycles. The minimum absolute atomic E-state index is 0.247. The lowest BCUT2D eigenvalue weighted by atomic mass is 10.1. The third kappa shape index (κ3) is 3.68. The van der Waals surface area contributed by atoms with E-state index in [1.165, 1.54) is 17.8 Å². The first-order valence-electron chi connectivity index (χ1n) is 9.33. The molecule has 0 atom stereocenters. The third-order valence-corrected chi connectivity index (χ3v) is 5.71. The Labute approximate surface area is 167 Å². The molecule has 2 aromatic carbocycles. The van der Waals surface area contributed by atoms with Gasteiger partial charge in [-0.05, 0) is 37.5 Å². The van der Waals surface area contributed by atoms with Crippen LogP contribution in [0.2, 0.25) is 0 Å². The number of thiazole rings is 1. The van der Waals surface area contributed by atoms with Crippen LogP contribution in [-0.2, 0) is 6.61 Å². The van der Waals surface area contributed by atoms with E-state index in [9.17, 15) is 0 Å². The van der Waals surface area contributed by atoms with Crippen LogP contribution < -0.4 is 4.74 Å². The molecule has 0 amide bonds. The summed E-state index contributed by atoms with van der Waals surface area (Å²) in [5.74, 6) is 2.50. The van der Waals surface area contributed by atoms with Gasteiger partial charge in [0.15, 0.2) is 6.61 Å². The van der Waals surface area contributed by atoms with Crippen molar-refractivity contribution in [3.8, 4) is 28.4 Å². The Kier molecular flexibility index (Phi) is 4.41. The van der Waals surface area contributed by atoms with E-state index < -0.39 is 0 Å². The van der Waals surface area contributed by atoms with Gasteiger partial charge in [0, 0.05) is 22.4 Å². The Bertz CT molecular complexity index is 1100. The Hall–Kier alpha value is -2.99. The molecule has 4 aromatic rings. The van der Waals surface area contributed by atoms with Gasteiger partial charge in [-0.1, -0.05) is 41.6 Å². The van der Waals surface area contributed by atoms with Crippen LogP contribution >= 0.6 is 11.3 Å². The molecule has 5 rings (SSSR count). The van der Waals surface area contributed by atoms with Crippen molar-refractivity contribution in [2.45, 2.75) is 32.3 Å². The SMILES string of the molecule is Cc1cccc(OCc2nc(-c3ccc(-c4csc(C5CC5)n4)cc3)no2)c1. The van der Waals surface area contributed by atoms with Gasteiger partial charge >= 0.3 is 0 Å². The van der Waals surface area contributed by atoms with Gasteiger partial charge in [0.05, 0.1) is 10.7 Å². The second-order valence-electron chi connectivity index (χ2n) is 7.04. The summed E-state index contributed by atoms with van der Waals surface area (Å²) in [6.45, 7) is 2.27. The van der Waals surface area contributed by atoms with E-state index in [1.54, 1.807) is 11.3 Å². The van der Waals surface area contributed by atoms with Gasteiger partial charge in [-0.15, -0.1) is 11.3 Å². The summed E-state index contributed by atoms with van der Waals surface area (Å²) in [5, 5.41) is 7.47. The number of nitrogens with zero attached hydrogens (tertiary/aromatic N) is 3. The minimum atomic E-state index is 0.247. The molecule has 0 spiro atoms. The molecule has 0 bridgehead atoms. The first-order valence-corrected chi connectivity index (χ1v) is 10.2. The molecule has 140 valence electrons. The van der Waals surface area contributed by atoms with Crippen LogP contribution in [0.5, 0.6) is 5.75 Å². The highest BCUT2D eigenvalue weighted by Crippen LogP contribution is 2.42. The highest BCUT2D eigenvalue weighted by Gasteiger charge is 2.26. The molecule has 1 aliphatic rings. The average Bonchev–Trinajstić information content (AvgIpc) is 3.26. The standard InChI is InChI=1S/C22H19N3O2S/c1-14-3-2-4-18(11-14)26-12-20-24-21(25-27-20)16-7-5-15(6-8-16)19-13-28-22(23-19)17-9-10-17/h2-8,11,13,17H,9-10,12H2,1H3. The number of ether oxygens (including phenoxy) is 1. The maximum atomic E-state index is 5.72. The van der Waals surface area contributed by atoms with Crippen molar-refractivity contribution in [1.82, 2.24) is 15.1 Å². The zero-order chi connectivity index (χ0) is 18.9. The zero-order valence-electron chi connectivity index (χ0n) is 15.5. The predicted octanol–water partition coefficient (Wildman–Crippen LogP) is 5.62. The van der Waals surface area contributed by atoms with Gasteiger partial charge in [-0.25, -0.2) is 4.98 Å². The molecule has 0 saturated heterocycles. The van der Waals surface area contributed by atoms with Crippen molar-refractivity contribution >= 4 is 11.3 Å². The number of aromatic nitrogens is 3. The number of benzene rings is 2. The molecule has 5 nitrogen and oxygen atoms in total. The Morgan fingerprint density at radius 3 is 2.68 bits per heavy atom. The number of hydrogen-bond donors (Lipinski definition) is 0. The number of aryl methyl sites for hydroxylation is 1. The van der Waals surface area contributed by atoms with E-state index in [4.69, 9.17) is 14.2 Å². The normalized spacial score (nSPS) is 13.6. The van der Waals surface area contributed by atoms with Crippen LogP contribution in [0.25, 0.3) is 22.6 Å². The quantitative estimate of drug-likeness (QED) is 0.428. The van der Waals surface area contributed by atoms with Crippen molar-refractivity contribution in [1.29, 1.82) is 0 Å². The maximum Gasteiger partial charge on any atom is 0.264 e. The fourth-order valence-electron chi connectivity index (χ4n) is 3.01. The van der Waals surface area contributed by atoms with Crippen molar-refractivity contribution in [2.75, 3.05) is 0 Å². The van der Waals surface area contributed by atoms with Crippen LogP contribution in [-0.4, -0.2) is 15.1 Å². The fourth-order valence-corrected chi connectivity index (χ4v) is 4.01. The lowest BCUT2D eigenvalue weighted by Gasteiger charge is -2.03. The number of rotatable bonds is 6. The van der Waals surface area contributed by atoms with Gasteiger partial charge in [0.25, 0.3) is 5.89 Å². The Morgan fingerprint density at radius 1 is 1.07 bits per heavy atom. The highest BCUT2D eigenvalue weighted by molar-refractivity contribution is 7.10. The van der Waals surface area contributed by atoms with Gasteiger partial charge in [0.1, 0.15) is 5.75 Å². The second kappa shape index (κ2) is 7.20. The van der Waals surface area contributed by atoms with Crippen LogP contribution in [0, 0.1) is 6.92 Å². The first-order chi connectivity index (χ1) is 13.7. The molecule has 2 aromatic heterocycles. The second-order valence-corrected chi connectivity index (χ2v) is 7.93. The summed E-state index contributed by atoms with van der Waals surface area (Å²) < 4.78 is 11.0. The molecule has 1 fully saturated rings. The van der Waals surface area contributed by atoms with Crippen LogP contribution in [0.15, 0.2) is 58.4 Å². The smallest absolute Gasteiger partial charge is 0.264 e. The van der Waals surface area contributed by atoms with Crippen molar-refractivity contribution in [3.05, 3.63) is 70.4 Å². The van der Waals surface area contributed by atoms with Gasteiger partial charge < -0.3 is 9.26 Å². The van der Waals surface area contributed by atoms with Crippen molar-refractivity contribution in [3.63, 3.8) is 0 Å². The minimum Gasteiger partial charge on any atom is -0.484 e. The van der Waals surface area contributed by atoms with Crippen LogP contribution in [0.1, 0.15) is 35.2 Å². The summed E-state index contributed by atoms with van der Waals surface area (Å²) >= 11 is 1.76. The first kappa shape index (κ1) is 17.1. The Balaban J connectivity index is 1.27. The molecule has 0 unspecified atom stereocenters. The highest BCUT2D eigenvalue weighted by atomic mass is 32.1. The van der Waals surface area contributed by atoms with Crippen molar-refractivity contribution < 1.29 is 9.26 Å². The lowest BCUT2D eigenvalue weighted by Crippen LogP contribution is -1.95. The molecule has 1 saturated carbocycles. The molecular weight excluding hydrogens is 370 g/mol. The fraction of sp³-hybridized carbons (Fsp3) is 0.227. The third-order valence-electron chi connectivity index (χ3n) is 4.71. The van der Waals surface area contributed by atoms with E-state index in [2.05, 4.69) is 27.7 Å². The van der Waals surface area contributed by atoms with Crippen molar-refractivity contribution in [2.24, 2.45) is 0 Å². The lowest BCUT2D eigenvalue weighted by molar-refractivity contribution is 0.243. The van der Waals surface area contributed by atoms with E-state index >= 15 is 0 Å². The van der Waals surface area contributed by atoms with Gasteiger partial charge in [0.2, 0.25) is 5.82 Å². The summed E-state index contributed by atoms with van der Waals surface area (Å²) in [6.07, 6.45) is 2.55. The molecule has 0 N–H and O–H groups in total. The van der Waals surface area contributed by atoms with Gasteiger partial charge in [-0.2, -0.15) is 4.98 Å². The largest absolute Gasteiger partial charge is 0.484 e. The Morgan fingerprint density at radius 2 is 1.89 bits per heavy atom. The predicted molar refractivity (Wildman–Crippen MR) is 108 cm³/mol. The summed E-state index contributed by atoms with van der Waals surface area (Å²) in [4.78, 5) is 9.20. The molecule has 0 radical (unpaired) electrons.